The van der Waals surface area contributed by atoms with E-state index in [0.29, 0.717) is 0 Å². The summed E-state index contributed by atoms with van der Waals surface area (Å²) in [4.78, 5) is 9.55. The van der Waals surface area contributed by atoms with E-state index in [-0.39, 0.29) is 0 Å². The van der Waals surface area contributed by atoms with Gasteiger partial charge in [-0.05, 0) is 54.8 Å². The van der Waals surface area contributed by atoms with Gasteiger partial charge in [-0.25, -0.2) is 0 Å². The summed E-state index contributed by atoms with van der Waals surface area (Å²) in [7, 11) is -0.904. The summed E-state index contributed by atoms with van der Waals surface area (Å²) in [6.45, 7) is 15.5. The third-order valence-electron chi connectivity index (χ3n) is 7.14. The van der Waals surface area contributed by atoms with Gasteiger partial charge in [0.1, 0.15) is 5.52 Å². The zero-order valence-electron chi connectivity index (χ0n) is 23.1. The van der Waals surface area contributed by atoms with Crippen LogP contribution in [0.2, 0.25) is 0 Å². The molecular formula is C33H37N4OP. The SMILES string of the molecule is C=C(C)c1ccc(CN2CCN(/C(=C/C)c3ccc(NP(C)Oc4cccc5cccnc45)cc3)CC2)cc1. The normalized spacial score (nSPS) is 15.3. The summed E-state index contributed by atoms with van der Waals surface area (Å²) in [5.41, 5.74) is 8.17. The van der Waals surface area contributed by atoms with Gasteiger partial charge < -0.3 is 14.5 Å². The number of allylic oxidation sites excluding steroid dienone is 2. The summed E-state index contributed by atoms with van der Waals surface area (Å²) in [5.74, 6) is 0.810. The van der Waals surface area contributed by atoms with Crippen LogP contribution in [-0.4, -0.2) is 47.6 Å². The van der Waals surface area contributed by atoms with Gasteiger partial charge in [-0.3, -0.25) is 9.88 Å². The molecule has 1 aliphatic rings. The molecule has 0 saturated carbocycles. The molecule has 1 atom stereocenters. The fourth-order valence-electron chi connectivity index (χ4n) is 5.05. The number of fused-ring (bicyclic) bond motifs is 1. The molecule has 3 aromatic carbocycles. The molecule has 1 fully saturated rings. The molecule has 1 unspecified atom stereocenters. The molecule has 1 N–H and O–H groups in total. The van der Waals surface area contributed by atoms with Crippen LogP contribution in [0.25, 0.3) is 22.2 Å². The van der Waals surface area contributed by atoms with Crippen LogP contribution >= 0.6 is 8.30 Å². The highest BCUT2D eigenvalue weighted by atomic mass is 31.2. The van der Waals surface area contributed by atoms with Crippen molar-refractivity contribution < 1.29 is 4.52 Å². The molecule has 0 spiro atoms. The molecule has 39 heavy (non-hydrogen) atoms. The van der Waals surface area contributed by atoms with E-state index in [1.165, 1.54) is 22.4 Å². The lowest BCUT2D eigenvalue weighted by molar-refractivity contribution is 0.169. The Morgan fingerprint density at radius 3 is 2.33 bits per heavy atom. The Balaban J connectivity index is 1.15. The minimum absolute atomic E-state index is 0.810. The van der Waals surface area contributed by atoms with Gasteiger partial charge in [0.05, 0.1) is 0 Å². The number of hydrogen-bond donors (Lipinski definition) is 1. The average molecular weight is 537 g/mol. The van der Waals surface area contributed by atoms with Crippen molar-refractivity contribution in [2.75, 3.05) is 37.9 Å². The molecule has 5 rings (SSSR count). The molecule has 1 aromatic heterocycles. The number of para-hydroxylation sites is 1. The van der Waals surface area contributed by atoms with E-state index in [4.69, 9.17) is 4.52 Å². The summed E-state index contributed by atoms with van der Waals surface area (Å²) < 4.78 is 6.26. The molecule has 0 bridgehead atoms. The number of nitrogens with zero attached hydrogens (tertiary/aromatic N) is 3. The zero-order valence-corrected chi connectivity index (χ0v) is 24.0. The van der Waals surface area contributed by atoms with Gasteiger partial charge in [0, 0.05) is 62.4 Å². The highest BCUT2D eigenvalue weighted by Crippen LogP contribution is 2.38. The van der Waals surface area contributed by atoms with Crippen molar-refractivity contribution in [3.8, 4) is 5.75 Å². The molecule has 1 saturated heterocycles. The Morgan fingerprint density at radius 1 is 0.949 bits per heavy atom. The van der Waals surface area contributed by atoms with E-state index in [1.54, 1.807) is 6.20 Å². The van der Waals surface area contributed by atoms with Gasteiger partial charge in [-0.2, -0.15) is 0 Å². The minimum atomic E-state index is -0.904. The molecular weight excluding hydrogens is 499 g/mol. The molecule has 0 amide bonds. The van der Waals surface area contributed by atoms with Crippen LogP contribution < -0.4 is 9.61 Å². The molecule has 2 heterocycles. The van der Waals surface area contributed by atoms with Crippen LogP contribution in [0.4, 0.5) is 5.69 Å². The Morgan fingerprint density at radius 2 is 1.64 bits per heavy atom. The lowest BCUT2D eigenvalue weighted by Gasteiger charge is -2.37. The van der Waals surface area contributed by atoms with Gasteiger partial charge in [-0.15, -0.1) is 0 Å². The number of piperazine rings is 1. The highest BCUT2D eigenvalue weighted by molar-refractivity contribution is 7.53. The Labute approximate surface area is 233 Å². The fourth-order valence-corrected chi connectivity index (χ4v) is 6.05. The van der Waals surface area contributed by atoms with Crippen LogP contribution in [-0.2, 0) is 6.54 Å². The van der Waals surface area contributed by atoms with Gasteiger partial charge in [-0.1, -0.05) is 72.8 Å². The largest absolute Gasteiger partial charge is 0.451 e. The summed E-state index contributed by atoms with van der Waals surface area (Å²) in [5, 5.41) is 4.61. The highest BCUT2D eigenvalue weighted by Gasteiger charge is 2.20. The quantitative estimate of drug-likeness (QED) is 0.220. The fraction of sp³-hybridized carbons (Fsp3) is 0.242. The molecule has 4 aromatic rings. The Bertz CT molecular complexity index is 1440. The van der Waals surface area contributed by atoms with Crippen molar-refractivity contribution in [1.29, 1.82) is 0 Å². The standard InChI is InChI=1S/C33H37N4OP/c1-5-31(37-22-20-36(21-23-37)24-26-11-13-27(14-12-26)25(2)3)28-15-17-30(18-16-28)35-39(4)38-32-10-6-8-29-9-7-19-34-33(29)32/h5-19,35H,2,20-24H2,1,3-4H3/b31-5+. The van der Waals surface area contributed by atoms with Crippen molar-refractivity contribution in [1.82, 2.24) is 14.8 Å². The molecule has 5 nitrogen and oxygen atoms in total. The van der Waals surface area contributed by atoms with Gasteiger partial charge in [0.25, 0.3) is 0 Å². The predicted octanol–water partition coefficient (Wildman–Crippen LogP) is 7.88. The van der Waals surface area contributed by atoms with E-state index in [0.717, 1.165) is 60.6 Å². The van der Waals surface area contributed by atoms with E-state index in [2.05, 4.69) is 114 Å². The van der Waals surface area contributed by atoms with Crippen LogP contribution in [0, 0.1) is 0 Å². The average Bonchev–Trinajstić information content (AvgIpc) is 2.96. The van der Waals surface area contributed by atoms with E-state index in [9.17, 15) is 0 Å². The maximum absolute atomic E-state index is 6.26. The van der Waals surface area contributed by atoms with Crippen molar-refractivity contribution in [2.24, 2.45) is 0 Å². The van der Waals surface area contributed by atoms with Gasteiger partial charge in [0.2, 0.25) is 0 Å². The van der Waals surface area contributed by atoms with Crippen molar-refractivity contribution >= 4 is 36.2 Å². The number of benzene rings is 3. The second-order valence-corrected chi connectivity index (χ2v) is 11.4. The number of aromatic nitrogens is 1. The zero-order chi connectivity index (χ0) is 27.2. The Kier molecular flexibility index (Phi) is 8.61. The van der Waals surface area contributed by atoms with Crippen LogP contribution in [0.3, 0.4) is 0 Å². The van der Waals surface area contributed by atoms with Gasteiger partial charge in [0.15, 0.2) is 14.0 Å². The second-order valence-electron chi connectivity index (χ2n) is 10.0. The first-order valence-corrected chi connectivity index (χ1v) is 15.2. The number of anilines is 1. The maximum atomic E-state index is 6.26. The molecule has 0 aliphatic carbocycles. The Hall–Kier alpha value is -3.66. The van der Waals surface area contributed by atoms with Gasteiger partial charge >= 0.3 is 0 Å². The topological polar surface area (TPSA) is 40.6 Å². The van der Waals surface area contributed by atoms with E-state index >= 15 is 0 Å². The second kappa shape index (κ2) is 12.5. The van der Waals surface area contributed by atoms with Crippen LogP contribution in [0.5, 0.6) is 5.75 Å². The van der Waals surface area contributed by atoms with Crippen LogP contribution in [0.15, 0.2) is 97.7 Å². The lowest BCUT2D eigenvalue weighted by Crippen LogP contribution is -2.44. The minimum Gasteiger partial charge on any atom is -0.451 e. The smallest absolute Gasteiger partial charge is 0.186 e. The third-order valence-corrected chi connectivity index (χ3v) is 8.18. The molecule has 6 heteroatoms. The number of rotatable bonds is 9. The molecule has 200 valence electrons. The monoisotopic (exact) mass is 536 g/mol. The lowest BCUT2D eigenvalue weighted by atomic mass is 10.1. The first-order chi connectivity index (χ1) is 19.0. The first kappa shape index (κ1) is 26.9. The first-order valence-electron chi connectivity index (χ1n) is 13.5. The van der Waals surface area contributed by atoms with Crippen molar-refractivity contribution in [3.05, 3.63) is 114 Å². The predicted molar refractivity (Wildman–Crippen MR) is 167 cm³/mol. The van der Waals surface area contributed by atoms with Crippen LogP contribution in [0.1, 0.15) is 30.5 Å². The number of pyridine rings is 1. The van der Waals surface area contributed by atoms with Crippen molar-refractivity contribution in [2.45, 2.75) is 20.4 Å². The third kappa shape index (κ3) is 6.68. The van der Waals surface area contributed by atoms with E-state index < -0.39 is 8.30 Å². The number of hydrogen-bond acceptors (Lipinski definition) is 5. The maximum Gasteiger partial charge on any atom is 0.186 e. The van der Waals surface area contributed by atoms with Crippen molar-refractivity contribution in [3.63, 3.8) is 0 Å². The number of nitrogens with one attached hydrogen (secondary N) is 1. The molecule has 1 aliphatic heterocycles. The molecule has 0 radical (unpaired) electrons. The summed E-state index contributed by atoms with van der Waals surface area (Å²) in [6.07, 6.45) is 4.04. The van der Waals surface area contributed by atoms with E-state index in [1.807, 2.05) is 18.2 Å². The summed E-state index contributed by atoms with van der Waals surface area (Å²) in [6, 6.07) is 27.6. The summed E-state index contributed by atoms with van der Waals surface area (Å²) >= 11 is 0.